The highest BCUT2D eigenvalue weighted by atomic mass is 16.5. The number of anilines is 1. The molecule has 1 amide bonds. The van der Waals surface area contributed by atoms with Crippen molar-refractivity contribution in [3.63, 3.8) is 0 Å². The maximum atomic E-state index is 12.7. The summed E-state index contributed by atoms with van der Waals surface area (Å²) < 4.78 is 5.42. The van der Waals surface area contributed by atoms with E-state index in [1.54, 1.807) is 19.9 Å². The molecule has 0 saturated carbocycles. The Bertz CT molecular complexity index is 1030. The second kappa shape index (κ2) is 7.58. The molecule has 0 aliphatic rings. The van der Waals surface area contributed by atoms with Crippen LogP contribution in [-0.2, 0) is 9.53 Å². The largest absolute Gasteiger partial charge is 0.449 e. The van der Waals surface area contributed by atoms with Gasteiger partial charge in [0.15, 0.2) is 6.10 Å². The minimum atomic E-state index is -0.928. The van der Waals surface area contributed by atoms with E-state index in [0.29, 0.717) is 16.9 Å². The van der Waals surface area contributed by atoms with Crippen LogP contribution in [0.4, 0.5) is 5.69 Å². The number of amides is 1. The van der Waals surface area contributed by atoms with Gasteiger partial charge in [0.2, 0.25) is 0 Å². The number of rotatable bonds is 4. The number of nitrogens with one attached hydrogen (secondary N) is 1. The van der Waals surface area contributed by atoms with Crippen LogP contribution in [0.25, 0.3) is 10.9 Å². The number of benzene rings is 2. The van der Waals surface area contributed by atoms with Crippen LogP contribution in [0.1, 0.15) is 34.1 Å². The van der Waals surface area contributed by atoms with E-state index in [1.165, 1.54) is 0 Å². The van der Waals surface area contributed by atoms with E-state index in [9.17, 15) is 9.59 Å². The molecule has 1 atom stereocenters. The molecule has 27 heavy (non-hydrogen) atoms. The Labute approximate surface area is 158 Å². The third-order valence-corrected chi connectivity index (χ3v) is 4.48. The number of para-hydroxylation sites is 1. The Hall–Kier alpha value is -3.21. The first-order valence-corrected chi connectivity index (χ1v) is 8.81. The summed E-state index contributed by atoms with van der Waals surface area (Å²) in [5.74, 6) is -0.923. The highest BCUT2D eigenvalue weighted by Gasteiger charge is 2.23. The zero-order chi connectivity index (χ0) is 19.6. The van der Waals surface area contributed by atoms with Crippen molar-refractivity contribution in [2.24, 2.45) is 0 Å². The maximum Gasteiger partial charge on any atom is 0.341 e. The lowest BCUT2D eigenvalue weighted by molar-refractivity contribution is -0.123. The predicted molar refractivity (Wildman–Crippen MR) is 106 cm³/mol. The summed E-state index contributed by atoms with van der Waals surface area (Å²) in [6.45, 7) is 7.14. The molecule has 138 valence electrons. The summed E-state index contributed by atoms with van der Waals surface area (Å²) in [7, 11) is 0. The number of pyridine rings is 1. The topological polar surface area (TPSA) is 68.3 Å². The summed E-state index contributed by atoms with van der Waals surface area (Å²) in [6, 6.07) is 15.1. The van der Waals surface area contributed by atoms with E-state index in [4.69, 9.17) is 4.74 Å². The van der Waals surface area contributed by atoms with Gasteiger partial charge in [-0.25, -0.2) is 4.79 Å². The van der Waals surface area contributed by atoms with Crippen LogP contribution in [0, 0.1) is 20.8 Å². The number of esters is 1. The van der Waals surface area contributed by atoms with E-state index in [2.05, 4.69) is 10.3 Å². The van der Waals surface area contributed by atoms with Crippen molar-refractivity contribution in [2.75, 3.05) is 5.32 Å². The van der Waals surface area contributed by atoms with Crippen LogP contribution in [0.3, 0.4) is 0 Å². The zero-order valence-corrected chi connectivity index (χ0v) is 15.9. The smallest absolute Gasteiger partial charge is 0.341 e. The van der Waals surface area contributed by atoms with Gasteiger partial charge in [-0.05, 0) is 57.0 Å². The summed E-state index contributed by atoms with van der Waals surface area (Å²) in [6.07, 6.45) is -0.928. The molecular weight excluding hydrogens is 340 g/mol. The maximum absolute atomic E-state index is 12.7. The number of nitrogens with zero attached hydrogens (tertiary/aromatic N) is 1. The van der Waals surface area contributed by atoms with Gasteiger partial charge in [-0.2, -0.15) is 0 Å². The molecule has 0 aliphatic heterocycles. The molecule has 0 radical (unpaired) electrons. The van der Waals surface area contributed by atoms with Crippen molar-refractivity contribution >= 4 is 28.5 Å². The average molecular weight is 362 g/mol. The quantitative estimate of drug-likeness (QED) is 0.701. The van der Waals surface area contributed by atoms with Gasteiger partial charge in [0.05, 0.1) is 16.8 Å². The number of aromatic nitrogens is 1. The molecule has 5 heteroatoms. The second-order valence-electron chi connectivity index (χ2n) is 6.62. The zero-order valence-electron chi connectivity index (χ0n) is 15.9. The molecule has 3 rings (SSSR count). The molecule has 1 aromatic heterocycles. The monoisotopic (exact) mass is 362 g/mol. The fourth-order valence-corrected chi connectivity index (χ4v) is 3.07. The molecule has 0 saturated heterocycles. The first-order valence-electron chi connectivity index (χ1n) is 8.81. The van der Waals surface area contributed by atoms with Crippen LogP contribution in [-0.4, -0.2) is 23.0 Å². The average Bonchev–Trinajstić information content (AvgIpc) is 2.61. The predicted octanol–water partition coefficient (Wildman–Crippen LogP) is 4.34. The third-order valence-electron chi connectivity index (χ3n) is 4.48. The summed E-state index contributed by atoms with van der Waals surface area (Å²) in [4.78, 5) is 29.6. The van der Waals surface area contributed by atoms with Crippen molar-refractivity contribution < 1.29 is 14.3 Å². The van der Waals surface area contributed by atoms with Crippen molar-refractivity contribution in [1.29, 1.82) is 0 Å². The number of fused-ring (bicyclic) bond motifs is 1. The van der Waals surface area contributed by atoms with Gasteiger partial charge in [0.1, 0.15) is 0 Å². The van der Waals surface area contributed by atoms with Crippen molar-refractivity contribution in [3.05, 3.63) is 70.9 Å². The minimum Gasteiger partial charge on any atom is -0.449 e. The van der Waals surface area contributed by atoms with E-state index in [1.807, 2.05) is 56.3 Å². The number of hydrogen-bond acceptors (Lipinski definition) is 4. The van der Waals surface area contributed by atoms with Crippen molar-refractivity contribution in [3.8, 4) is 0 Å². The van der Waals surface area contributed by atoms with E-state index in [0.717, 1.165) is 22.0 Å². The van der Waals surface area contributed by atoms with Gasteiger partial charge in [-0.1, -0.05) is 30.3 Å². The summed E-state index contributed by atoms with van der Waals surface area (Å²) in [5, 5.41) is 3.66. The highest BCUT2D eigenvalue weighted by molar-refractivity contribution is 6.01. The Balaban J connectivity index is 1.78. The van der Waals surface area contributed by atoms with Gasteiger partial charge in [0, 0.05) is 11.1 Å². The third kappa shape index (κ3) is 3.97. The van der Waals surface area contributed by atoms with Gasteiger partial charge in [0.25, 0.3) is 5.91 Å². The molecule has 5 nitrogen and oxygen atoms in total. The lowest BCUT2D eigenvalue weighted by Gasteiger charge is -2.16. The Morgan fingerprint density at radius 2 is 1.78 bits per heavy atom. The highest BCUT2D eigenvalue weighted by Crippen LogP contribution is 2.23. The minimum absolute atomic E-state index is 0.377. The van der Waals surface area contributed by atoms with Crippen LogP contribution in [0.15, 0.2) is 48.5 Å². The number of carbonyl (C=O) groups is 2. The lowest BCUT2D eigenvalue weighted by Crippen LogP contribution is -2.30. The fraction of sp³-hybridized carbons (Fsp3) is 0.227. The lowest BCUT2D eigenvalue weighted by atomic mass is 10.0. The molecule has 0 aliphatic carbocycles. The second-order valence-corrected chi connectivity index (χ2v) is 6.62. The molecule has 2 aromatic carbocycles. The Morgan fingerprint density at radius 3 is 2.52 bits per heavy atom. The summed E-state index contributed by atoms with van der Waals surface area (Å²) >= 11 is 0. The SMILES string of the molecule is Cc1cccc(NC(=O)[C@@H](C)OC(=O)c2c(C)nc3ccccc3c2C)c1. The molecule has 1 heterocycles. The van der Waals surface area contributed by atoms with Gasteiger partial charge < -0.3 is 10.1 Å². The van der Waals surface area contributed by atoms with Crippen LogP contribution in [0.2, 0.25) is 0 Å². The van der Waals surface area contributed by atoms with Crippen LogP contribution in [0.5, 0.6) is 0 Å². The van der Waals surface area contributed by atoms with Gasteiger partial charge in [-0.3, -0.25) is 9.78 Å². The van der Waals surface area contributed by atoms with Crippen LogP contribution >= 0.6 is 0 Å². The normalized spacial score (nSPS) is 11.9. The molecule has 0 spiro atoms. The standard InChI is InChI=1S/C22H22N2O3/c1-13-8-7-9-17(12-13)24-21(25)16(4)27-22(26)20-14(2)18-10-5-6-11-19(18)23-15(20)3/h5-12,16H,1-4H3,(H,24,25)/t16-/m1/s1. The van der Waals surface area contributed by atoms with Gasteiger partial charge in [-0.15, -0.1) is 0 Å². The Morgan fingerprint density at radius 1 is 1.04 bits per heavy atom. The molecule has 3 aromatic rings. The number of aryl methyl sites for hydroxylation is 3. The fourth-order valence-electron chi connectivity index (χ4n) is 3.07. The van der Waals surface area contributed by atoms with E-state index >= 15 is 0 Å². The molecule has 1 N–H and O–H groups in total. The molecule has 0 unspecified atom stereocenters. The van der Waals surface area contributed by atoms with Gasteiger partial charge >= 0.3 is 5.97 Å². The molecular formula is C22H22N2O3. The first-order chi connectivity index (χ1) is 12.9. The van der Waals surface area contributed by atoms with Crippen molar-refractivity contribution in [1.82, 2.24) is 4.98 Å². The number of carbonyl (C=O) groups excluding carboxylic acids is 2. The Kier molecular flexibility index (Phi) is 5.21. The van der Waals surface area contributed by atoms with Crippen LogP contribution < -0.4 is 5.32 Å². The molecule has 0 bridgehead atoms. The van der Waals surface area contributed by atoms with E-state index in [-0.39, 0.29) is 5.91 Å². The molecule has 0 fully saturated rings. The first kappa shape index (κ1) is 18.6. The number of hydrogen-bond donors (Lipinski definition) is 1. The number of ether oxygens (including phenoxy) is 1. The van der Waals surface area contributed by atoms with Crippen molar-refractivity contribution in [2.45, 2.75) is 33.8 Å². The van der Waals surface area contributed by atoms with E-state index < -0.39 is 12.1 Å². The summed E-state index contributed by atoms with van der Waals surface area (Å²) in [5.41, 5.74) is 4.32.